The number of ether oxygens (including phenoxy) is 2. The summed E-state index contributed by atoms with van der Waals surface area (Å²) in [6.07, 6.45) is 2.72. The van der Waals surface area contributed by atoms with Gasteiger partial charge in [-0.25, -0.2) is 0 Å². The van der Waals surface area contributed by atoms with Gasteiger partial charge in [0.15, 0.2) is 0 Å². The van der Waals surface area contributed by atoms with Gasteiger partial charge in [-0.3, -0.25) is 4.79 Å². The van der Waals surface area contributed by atoms with Gasteiger partial charge in [0.05, 0.1) is 20.1 Å². The molecular weight excluding hydrogens is 230 g/mol. The fourth-order valence-electron chi connectivity index (χ4n) is 1.93. The molecule has 0 radical (unpaired) electrons. The smallest absolute Gasteiger partial charge is 0.313 e. The van der Waals surface area contributed by atoms with E-state index in [-0.39, 0.29) is 11.9 Å². The van der Waals surface area contributed by atoms with Crippen molar-refractivity contribution in [3.63, 3.8) is 0 Å². The molecule has 0 heterocycles. The van der Waals surface area contributed by atoms with Crippen LogP contribution in [-0.4, -0.2) is 20.2 Å². The predicted octanol–water partition coefficient (Wildman–Crippen LogP) is 2.72. The number of nitrogens with two attached hydrogens (primary N) is 1. The van der Waals surface area contributed by atoms with Crippen LogP contribution in [-0.2, 0) is 9.53 Å². The number of carbonyl (C=O) groups excluding carboxylic acids is 1. The first-order chi connectivity index (χ1) is 8.63. The van der Waals surface area contributed by atoms with Crippen LogP contribution in [0, 0.1) is 0 Å². The first-order valence-electron chi connectivity index (χ1n) is 6.15. The molecule has 1 atom stereocenters. The largest absolute Gasteiger partial charge is 0.497 e. The van der Waals surface area contributed by atoms with E-state index in [0.29, 0.717) is 11.4 Å². The number of anilines is 1. The number of methoxy groups -OCH3 is 2. The molecule has 1 aromatic rings. The first kappa shape index (κ1) is 14.4. The fourth-order valence-corrected chi connectivity index (χ4v) is 1.93. The summed E-state index contributed by atoms with van der Waals surface area (Å²) in [5.74, 6) is 0.137. The quantitative estimate of drug-likeness (QED) is 0.623. The third-order valence-electron chi connectivity index (χ3n) is 3.00. The Labute approximate surface area is 108 Å². The van der Waals surface area contributed by atoms with Crippen molar-refractivity contribution in [2.75, 3.05) is 20.0 Å². The second-order valence-corrected chi connectivity index (χ2v) is 4.21. The molecular formula is C14H21NO3. The van der Waals surface area contributed by atoms with Gasteiger partial charge in [0.25, 0.3) is 0 Å². The Hall–Kier alpha value is -1.71. The highest BCUT2D eigenvalue weighted by Crippen LogP contribution is 2.31. The van der Waals surface area contributed by atoms with Crippen LogP contribution in [0.2, 0.25) is 0 Å². The summed E-state index contributed by atoms with van der Waals surface area (Å²) in [7, 11) is 2.99. The number of hydrogen-bond acceptors (Lipinski definition) is 4. The van der Waals surface area contributed by atoms with E-state index in [1.807, 2.05) is 6.07 Å². The molecule has 0 saturated carbocycles. The molecule has 4 nitrogen and oxygen atoms in total. The summed E-state index contributed by atoms with van der Waals surface area (Å²) < 4.78 is 10.0. The SMILES string of the molecule is CCCCC(C(=O)OC)c1cc(OC)ccc1N. The predicted molar refractivity (Wildman–Crippen MR) is 71.7 cm³/mol. The van der Waals surface area contributed by atoms with E-state index in [4.69, 9.17) is 15.2 Å². The van der Waals surface area contributed by atoms with Crippen molar-refractivity contribution in [3.05, 3.63) is 23.8 Å². The molecule has 0 amide bonds. The number of nitrogen functional groups attached to an aromatic ring is 1. The fraction of sp³-hybridized carbons (Fsp3) is 0.500. The molecule has 18 heavy (non-hydrogen) atoms. The molecule has 1 aromatic carbocycles. The van der Waals surface area contributed by atoms with Crippen molar-refractivity contribution < 1.29 is 14.3 Å². The van der Waals surface area contributed by atoms with Crippen LogP contribution < -0.4 is 10.5 Å². The number of unbranched alkanes of at least 4 members (excludes halogenated alkanes) is 1. The van der Waals surface area contributed by atoms with E-state index in [1.54, 1.807) is 19.2 Å². The minimum atomic E-state index is -0.315. The van der Waals surface area contributed by atoms with Crippen LogP contribution in [0.15, 0.2) is 18.2 Å². The van der Waals surface area contributed by atoms with Crippen molar-refractivity contribution in [2.45, 2.75) is 32.1 Å². The molecule has 0 aliphatic heterocycles. The Kier molecular flexibility index (Phi) is 5.49. The highest BCUT2D eigenvalue weighted by Gasteiger charge is 2.23. The Morgan fingerprint density at radius 1 is 1.39 bits per heavy atom. The van der Waals surface area contributed by atoms with Crippen molar-refractivity contribution in [2.24, 2.45) is 0 Å². The average Bonchev–Trinajstić information content (AvgIpc) is 2.40. The molecule has 0 aromatic heterocycles. The molecule has 0 aliphatic carbocycles. The highest BCUT2D eigenvalue weighted by atomic mass is 16.5. The van der Waals surface area contributed by atoms with Crippen molar-refractivity contribution in [1.82, 2.24) is 0 Å². The molecule has 0 fully saturated rings. The first-order valence-corrected chi connectivity index (χ1v) is 6.15. The molecule has 0 bridgehead atoms. The summed E-state index contributed by atoms with van der Waals surface area (Å²) in [5, 5.41) is 0. The summed E-state index contributed by atoms with van der Waals surface area (Å²) in [6.45, 7) is 2.09. The van der Waals surface area contributed by atoms with Gasteiger partial charge in [-0.15, -0.1) is 0 Å². The third-order valence-corrected chi connectivity index (χ3v) is 3.00. The number of hydrogen-bond donors (Lipinski definition) is 1. The summed E-state index contributed by atoms with van der Waals surface area (Å²) in [5.41, 5.74) is 7.33. The number of benzene rings is 1. The van der Waals surface area contributed by atoms with Gasteiger partial charge in [0.1, 0.15) is 5.75 Å². The summed E-state index contributed by atoms with van der Waals surface area (Å²) in [6, 6.07) is 5.36. The van der Waals surface area contributed by atoms with E-state index in [1.165, 1.54) is 7.11 Å². The maximum absolute atomic E-state index is 11.9. The van der Waals surface area contributed by atoms with Crippen LogP contribution >= 0.6 is 0 Å². The molecule has 0 spiro atoms. The minimum Gasteiger partial charge on any atom is -0.497 e. The molecule has 4 heteroatoms. The van der Waals surface area contributed by atoms with Gasteiger partial charge >= 0.3 is 5.97 Å². The lowest BCUT2D eigenvalue weighted by Crippen LogP contribution is -2.16. The van der Waals surface area contributed by atoms with Gasteiger partial charge in [0, 0.05) is 5.69 Å². The summed E-state index contributed by atoms with van der Waals surface area (Å²) >= 11 is 0. The number of esters is 1. The molecule has 0 aliphatic rings. The Balaban J connectivity index is 3.06. The topological polar surface area (TPSA) is 61.5 Å². The van der Waals surface area contributed by atoms with Crippen LogP contribution in [0.1, 0.15) is 37.7 Å². The zero-order chi connectivity index (χ0) is 13.5. The van der Waals surface area contributed by atoms with E-state index < -0.39 is 0 Å². The van der Waals surface area contributed by atoms with E-state index in [9.17, 15) is 4.79 Å². The maximum Gasteiger partial charge on any atom is 0.313 e. The second-order valence-electron chi connectivity index (χ2n) is 4.21. The van der Waals surface area contributed by atoms with Gasteiger partial charge < -0.3 is 15.2 Å². The summed E-state index contributed by atoms with van der Waals surface area (Å²) in [4.78, 5) is 11.9. The Morgan fingerprint density at radius 2 is 2.11 bits per heavy atom. The molecule has 1 rings (SSSR count). The Bertz CT molecular complexity index is 404. The van der Waals surface area contributed by atoms with E-state index >= 15 is 0 Å². The lowest BCUT2D eigenvalue weighted by Gasteiger charge is -2.17. The zero-order valence-electron chi connectivity index (χ0n) is 11.2. The lowest BCUT2D eigenvalue weighted by atomic mass is 9.92. The van der Waals surface area contributed by atoms with Crippen molar-refractivity contribution in [3.8, 4) is 5.75 Å². The Morgan fingerprint density at radius 3 is 2.67 bits per heavy atom. The van der Waals surface area contributed by atoms with Crippen molar-refractivity contribution in [1.29, 1.82) is 0 Å². The van der Waals surface area contributed by atoms with Crippen LogP contribution in [0.3, 0.4) is 0 Å². The van der Waals surface area contributed by atoms with Crippen molar-refractivity contribution >= 4 is 11.7 Å². The average molecular weight is 251 g/mol. The van der Waals surface area contributed by atoms with Gasteiger partial charge in [-0.2, -0.15) is 0 Å². The van der Waals surface area contributed by atoms with Crippen LogP contribution in [0.25, 0.3) is 0 Å². The maximum atomic E-state index is 11.9. The molecule has 2 N–H and O–H groups in total. The molecule has 100 valence electrons. The van der Waals surface area contributed by atoms with Crippen LogP contribution in [0.4, 0.5) is 5.69 Å². The van der Waals surface area contributed by atoms with Gasteiger partial charge in [-0.1, -0.05) is 19.8 Å². The third kappa shape index (κ3) is 3.39. The zero-order valence-corrected chi connectivity index (χ0v) is 11.2. The lowest BCUT2D eigenvalue weighted by molar-refractivity contribution is -0.142. The minimum absolute atomic E-state index is 0.247. The second kappa shape index (κ2) is 6.89. The van der Waals surface area contributed by atoms with E-state index in [2.05, 4.69) is 6.92 Å². The number of carbonyl (C=O) groups is 1. The van der Waals surface area contributed by atoms with Crippen LogP contribution in [0.5, 0.6) is 5.75 Å². The van der Waals surface area contributed by atoms with Gasteiger partial charge in [0.2, 0.25) is 0 Å². The van der Waals surface area contributed by atoms with E-state index in [0.717, 1.165) is 24.8 Å². The highest BCUT2D eigenvalue weighted by molar-refractivity contribution is 5.80. The van der Waals surface area contributed by atoms with Gasteiger partial charge in [-0.05, 0) is 30.2 Å². The monoisotopic (exact) mass is 251 g/mol. The normalized spacial score (nSPS) is 11.9. The molecule has 0 saturated heterocycles. The molecule has 1 unspecified atom stereocenters. The standard InChI is InChI=1S/C14H21NO3/c1-4-5-6-11(14(16)18-3)12-9-10(17-2)7-8-13(12)15/h7-9,11H,4-6,15H2,1-3H3. The number of rotatable bonds is 6.